The van der Waals surface area contributed by atoms with E-state index in [1.807, 2.05) is 48.5 Å². The zero-order valence-electron chi connectivity index (χ0n) is 17.2. The number of nitrogens with zero attached hydrogens (tertiary/aromatic N) is 1. The van der Waals surface area contributed by atoms with E-state index in [4.69, 9.17) is 4.74 Å². The van der Waals surface area contributed by atoms with Gasteiger partial charge in [0.05, 0.1) is 23.9 Å². The highest BCUT2D eigenvalue weighted by molar-refractivity contribution is 9.10. The second-order valence-corrected chi connectivity index (χ2v) is 8.92. The Balaban J connectivity index is 2.08. The van der Waals surface area contributed by atoms with Gasteiger partial charge in [0, 0.05) is 10.2 Å². The van der Waals surface area contributed by atoms with Crippen LogP contribution in [0.2, 0.25) is 0 Å². The first kappa shape index (κ1) is 21.1. The lowest BCUT2D eigenvalue weighted by Crippen LogP contribution is -2.24. The Labute approximate surface area is 180 Å². The van der Waals surface area contributed by atoms with Gasteiger partial charge >= 0.3 is 5.97 Å². The van der Waals surface area contributed by atoms with Crippen LogP contribution in [0.5, 0.6) is 0 Å². The van der Waals surface area contributed by atoms with Crippen molar-refractivity contribution in [2.75, 3.05) is 12.0 Å². The number of amides is 1. The number of benzene rings is 2. The van der Waals surface area contributed by atoms with Gasteiger partial charge in [0.25, 0.3) is 5.91 Å². The fourth-order valence-corrected chi connectivity index (χ4v) is 3.74. The van der Waals surface area contributed by atoms with Gasteiger partial charge in [-0.25, -0.2) is 4.79 Å². The highest BCUT2D eigenvalue weighted by Crippen LogP contribution is 2.36. The highest BCUT2D eigenvalue weighted by atomic mass is 79.9. The van der Waals surface area contributed by atoms with Crippen molar-refractivity contribution in [2.45, 2.75) is 33.1 Å². The summed E-state index contributed by atoms with van der Waals surface area (Å²) in [5.41, 5.74) is 3.96. The molecular weight excluding hydrogens is 430 g/mol. The monoisotopic (exact) mass is 453 g/mol. The van der Waals surface area contributed by atoms with E-state index >= 15 is 0 Å². The predicted molar refractivity (Wildman–Crippen MR) is 119 cm³/mol. The van der Waals surface area contributed by atoms with E-state index in [1.54, 1.807) is 17.9 Å². The Morgan fingerprint density at radius 1 is 1.10 bits per heavy atom. The molecule has 1 amide bonds. The summed E-state index contributed by atoms with van der Waals surface area (Å²) in [5.74, 6) is -0.771. The molecule has 0 bridgehead atoms. The number of hydrogen-bond acceptors (Lipinski definition) is 3. The number of hydrogen-bond donors (Lipinski definition) is 0. The summed E-state index contributed by atoms with van der Waals surface area (Å²) in [6.45, 7) is 8.21. The van der Waals surface area contributed by atoms with Crippen LogP contribution >= 0.6 is 15.9 Å². The molecule has 150 valence electrons. The van der Waals surface area contributed by atoms with Gasteiger partial charge in [-0.15, -0.1) is 0 Å². The number of rotatable bonds is 3. The van der Waals surface area contributed by atoms with Gasteiger partial charge in [0.2, 0.25) is 0 Å². The number of halogens is 1. The Morgan fingerprint density at radius 3 is 2.31 bits per heavy atom. The Hall–Kier alpha value is -2.66. The SMILES string of the molecule is COC(=O)C1=C(C)N(c2cccc(Br)c2)C(=O)/C1=C\c1ccc(C(C)(C)C)cc1. The molecule has 1 aliphatic heterocycles. The van der Waals surface area contributed by atoms with Crippen molar-refractivity contribution in [1.29, 1.82) is 0 Å². The van der Waals surface area contributed by atoms with Crippen LogP contribution in [0.15, 0.2) is 69.8 Å². The van der Waals surface area contributed by atoms with Gasteiger partial charge in [0.15, 0.2) is 0 Å². The van der Waals surface area contributed by atoms with Crippen molar-refractivity contribution in [1.82, 2.24) is 0 Å². The fourth-order valence-electron chi connectivity index (χ4n) is 3.35. The number of ether oxygens (including phenoxy) is 1. The van der Waals surface area contributed by atoms with Crippen LogP contribution in [0.1, 0.15) is 38.8 Å². The molecule has 5 heteroatoms. The molecule has 0 unspecified atom stereocenters. The maximum atomic E-state index is 13.3. The number of allylic oxidation sites excluding steroid dienone is 1. The normalized spacial score (nSPS) is 16.0. The van der Waals surface area contributed by atoms with Gasteiger partial charge in [0.1, 0.15) is 0 Å². The van der Waals surface area contributed by atoms with Crippen LogP contribution in [-0.2, 0) is 19.7 Å². The molecule has 29 heavy (non-hydrogen) atoms. The predicted octanol–water partition coefficient (Wildman–Crippen LogP) is 5.62. The summed E-state index contributed by atoms with van der Waals surface area (Å²) < 4.78 is 5.82. The summed E-state index contributed by atoms with van der Waals surface area (Å²) in [5, 5.41) is 0. The van der Waals surface area contributed by atoms with Crippen LogP contribution < -0.4 is 4.90 Å². The average Bonchev–Trinajstić information content (AvgIpc) is 2.91. The Kier molecular flexibility index (Phi) is 5.80. The van der Waals surface area contributed by atoms with Crippen molar-refractivity contribution < 1.29 is 14.3 Å². The summed E-state index contributed by atoms with van der Waals surface area (Å²) in [6, 6.07) is 15.4. The summed E-state index contributed by atoms with van der Waals surface area (Å²) in [6.07, 6.45) is 1.75. The van der Waals surface area contributed by atoms with Crippen molar-refractivity contribution >= 4 is 39.6 Å². The minimum absolute atomic E-state index is 0.0417. The summed E-state index contributed by atoms with van der Waals surface area (Å²) in [7, 11) is 1.32. The van der Waals surface area contributed by atoms with Gasteiger partial charge in [-0.05, 0) is 47.7 Å². The quantitative estimate of drug-likeness (QED) is 0.447. The first-order valence-electron chi connectivity index (χ1n) is 9.35. The molecule has 0 aromatic heterocycles. The lowest BCUT2D eigenvalue weighted by atomic mass is 9.86. The van der Waals surface area contributed by atoms with Gasteiger partial charge in [-0.3, -0.25) is 9.69 Å². The molecule has 0 aliphatic carbocycles. The number of carbonyl (C=O) groups is 2. The first-order chi connectivity index (χ1) is 13.6. The molecule has 4 nitrogen and oxygen atoms in total. The van der Waals surface area contributed by atoms with E-state index in [1.165, 1.54) is 12.7 Å². The molecule has 2 aromatic rings. The van der Waals surface area contributed by atoms with Gasteiger partial charge < -0.3 is 4.74 Å². The van der Waals surface area contributed by atoms with Gasteiger partial charge in [-0.2, -0.15) is 0 Å². The molecule has 0 saturated heterocycles. The van der Waals surface area contributed by atoms with E-state index < -0.39 is 5.97 Å². The van der Waals surface area contributed by atoms with E-state index in [-0.39, 0.29) is 16.9 Å². The lowest BCUT2D eigenvalue weighted by Gasteiger charge is -2.19. The second-order valence-electron chi connectivity index (χ2n) is 8.00. The minimum Gasteiger partial charge on any atom is -0.465 e. The molecule has 3 rings (SSSR count). The van der Waals surface area contributed by atoms with Crippen LogP contribution in [0.3, 0.4) is 0 Å². The molecule has 0 saturated carbocycles. The molecule has 0 fully saturated rings. The third-order valence-electron chi connectivity index (χ3n) is 4.94. The smallest absolute Gasteiger partial charge is 0.340 e. The Bertz CT molecular complexity index is 1030. The van der Waals surface area contributed by atoms with Crippen LogP contribution in [0.4, 0.5) is 5.69 Å². The molecular formula is C24H24BrNO3. The minimum atomic E-state index is -0.522. The third kappa shape index (κ3) is 4.20. The lowest BCUT2D eigenvalue weighted by molar-refractivity contribution is -0.136. The standard InChI is InChI=1S/C24H24BrNO3/c1-15-21(23(28)29-5)20(13-16-9-11-17(12-10-16)24(2,3)4)22(27)26(15)19-8-6-7-18(25)14-19/h6-14H,1-5H3/b20-13-. The van der Waals surface area contributed by atoms with Crippen molar-refractivity contribution in [3.05, 3.63) is 81.0 Å². The first-order valence-corrected chi connectivity index (χ1v) is 10.1. The zero-order chi connectivity index (χ0) is 21.3. The third-order valence-corrected chi connectivity index (χ3v) is 5.44. The maximum absolute atomic E-state index is 13.3. The van der Waals surface area contributed by atoms with Crippen molar-refractivity contribution in [3.8, 4) is 0 Å². The van der Waals surface area contributed by atoms with E-state index in [0.717, 1.165) is 10.0 Å². The molecule has 0 spiro atoms. The molecule has 1 aliphatic rings. The summed E-state index contributed by atoms with van der Waals surface area (Å²) >= 11 is 3.44. The zero-order valence-corrected chi connectivity index (χ0v) is 18.8. The topological polar surface area (TPSA) is 46.6 Å². The van der Waals surface area contributed by atoms with E-state index in [9.17, 15) is 9.59 Å². The van der Waals surface area contributed by atoms with Crippen LogP contribution in [-0.4, -0.2) is 19.0 Å². The number of anilines is 1. The highest BCUT2D eigenvalue weighted by Gasteiger charge is 2.37. The van der Waals surface area contributed by atoms with Gasteiger partial charge in [-0.1, -0.05) is 67.0 Å². The largest absolute Gasteiger partial charge is 0.465 e. The molecule has 0 radical (unpaired) electrons. The molecule has 0 atom stereocenters. The second kappa shape index (κ2) is 7.99. The molecule has 1 heterocycles. The average molecular weight is 454 g/mol. The van der Waals surface area contributed by atoms with Crippen molar-refractivity contribution in [3.63, 3.8) is 0 Å². The molecule has 0 N–H and O–H groups in total. The van der Waals surface area contributed by atoms with E-state index in [0.29, 0.717) is 17.0 Å². The van der Waals surface area contributed by atoms with E-state index in [2.05, 4.69) is 36.7 Å². The fraction of sp³-hybridized carbons (Fsp3) is 0.250. The number of methoxy groups -OCH3 is 1. The maximum Gasteiger partial charge on any atom is 0.340 e. The summed E-state index contributed by atoms with van der Waals surface area (Å²) in [4.78, 5) is 27.3. The number of esters is 1. The van der Waals surface area contributed by atoms with Crippen molar-refractivity contribution in [2.24, 2.45) is 0 Å². The van der Waals surface area contributed by atoms with Crippen LogP contribution in [0.25, 0.3) is 6.08 Å². The Morgan fingerprint density at radius 2 is 1.76 bits per heavy atom. The van der Waals surface area contributed by atoms with Crippen LogP contribution in [0, 0.1) is 0 Å². The number of carbonyl (C=O) groups excluding carboxylic acids is 2. The molecule has 2 aromatic carbocycles.